The van der Waals surface area contributed by atoms with E-state index in [2.05, 4.69) is 28.4 Å². The fraction of sp³-hybridized carbons (Fsp3) is 0.222. The molecule has 1 saturated heterocycles. The number of anilines is 1. The van der Waals surface area contributed by atoms with Crippen LogP contribution >= 0.6 is 0 Å². The van der Waals surface area contributed by atoms with Crippen molar-refractivity contribution in [2.75, 3.05) is 19.5 Å². The summed E-state index contributed by atoms with van der Waals surface area (Å²) in [5.74, 6) is -0.0376. The lowest BCUT2D eigenvalue weighted by Gasteiger charge is -2.37. The molecular weight excluding hydrogens is 540 g/mol. The summed E-state index contributed by atoms with van der Waals surface area (Å²) in [6.07, 6.45) is 1.92. The zero-order chi connectivity index (χ0) is 29.8. The molecule has 218 valence electrons. The average molecular weight is 575 g/mol. The van der Waals surface area contributed by atoms with E-state index >= 15 is 0 Å². The molecule has 0 aliphatic carbocycles. The molecule has 4 aromatic rings. The smallest absolute Gasteiger partial charge is 0.332 e. The molecule has 2 aliphatic heterocycles. The second-order valence-corrected chi connectivity index (χ2v) is 10.9. The van der Waals surface area contributed by atoms with Crippen LogP contribution in [0.4, 0.5) is 5.69 Å². The van der Waals surface area contributed by atoms with Gasteiger partial charge in [-0.2, -0.15) is 0 Å². The zero-order valence-electron chi connectivity index (χ0n) is 24.2. The molecule has 0 amide bonds. The second-order valence-electron chi connectivity index (χ2n) is 10.9. The molecule has 1 fully saturated rings. The Morgan fingerprint density at radius 3 is 2.19 bits per heavy atom. The Morgan fingerprint density at radius 2 is 1.51 bits per heavy atom. The van der Waals surface area contributed by atoms with E-state index in [0.29, 0.717) is 18.7 Å². The van der Waals surface area contributed by atoms with Gasteiger partial charge in [0.1, 0.15) is 18.4 Å². The van der Waals surface area contributed by atoms with E-state index in [4.69, 9.17) is 14.2 Å². The highest BCUT2D eigenvalue weighted by Crippen LogP contribution is 2.61. The third kappa shape index (κ3) is 5.40. The number of benzene rings is 4. The molecule has 3 atom stereocenters. The number of nitrogens with one attached hydrogen (secondary N) is 1. The molecule has 1 spiro atoms. The Balaban J connectivity index is 1.52. The van der Waals surface area contributed by atoms with Gasteiger partial charge in [0.2, 0.25) is 0 Å². The van der Waals surface area contributed by atoms with Gasteiger partial charge in [-0.1, -0.05) is 91.0 Å². The lowest BCUT2D eigenvalue weighted by molar-refractivity contribution is -0.151. The van der Waals surface area contributed by atoms with Crippen LogP contribution in [-0.4, -0.2) is 37.1 Å². The quantitative estimate of drug-likeness (QED) is 0.199. The molecule has 0 unspecified atom stereocenters. The molecule has 4 aromatic carbocycles. The first kappa shape index (κ1) is 28.2. The van der Waals surface area contributed by atoms with Gasteiger partial charge in [-0.3, -0.25) is 9.69 Å². The number of fused-ring (bicyclic) bond motifs is 2. The minimum absolute atomic E-state index is 0.176. The van der Waals surface area contributed by atoms with E-state index in [9.17, 15) is 9.59 Å². The second kappa shape index (κ2) is 12.2. The van der Waals surface area contributed by atoms with Gasteiger partial charge < -0.3 is 19.5 Å². The first-order chi connectivity index (χ1) is 21.0. The maximum Gasteiger partial charge on any atom is 0.332 e. The third-order valence-electron chi connectivity index (χ3n) is 8.47. The number of methoxy groups -OCH3 is 2. The molecule has 43 heavy (non-hydrogen) atoms. The van der Waals surface area contributed by atoms with Crippen molar-refractivity contribution in [2.24, 2.45) is 0 Å². The van der Waals surface area contributed by atoms with Crippen LogP contribution in [-0.2, 0) is 37.6 Å². The van der Waals surface area contributed by atoms with E-state index in [1.807, 2.05) is 91.0 Å². The minimum Gasteiger partial charge on any atom is -0.497 e. The van der Waals surface area contributed by atoms with Crippen molar-refractivity contribution >= 4 is 17.6 Å². The maximum atomic E-state index is 14.1. The van der Waals surface area contributed by atoms with Crippen molar-refractivity contribution in [1.82, 2.24) is 4.90 Å². The topological polar surface area (TPSA) is 77.1 Å². The molecule has 0 aromatic heterocycles. The van der Waals surface area contributed by atoms with Crippen LogP contribution in [0.15, 0.2) is 121 Å². The molecule has 2 heterocycles. The number of nitrogens with zero attached hydrogens (tertiary/aromatic N) is 1. The molecule has 0 bridgehead atoms. The van der Waals surface area contributed by atoms with Crippen molar-refractivity contribution in [3.8, 4) is 5.75 Å². The molecule has 0 radical (unpaired) electrons. The average Bonchev–Trinajstić information content (AvgIpc) is 3.55. The number of rotatable bonds is 8. The van der Waals surface area contributed by atoms with Crippen molar-refractivity contribution in [2.45, 2.75) is 37.1 Å². The predicted molar refractivity (Wildman–Crippen MR) is 164 cm³/mol. The summed E-state index contributed by atoms with van der Waals surface area (Å²) in [5, 5.41) is 3.51. The minimum atomic E-state index is -0.773. The summed E-state index contributed by atoms with van der Waals surface area (Å²) in [7, 11) is 3.01. The normalized spacial score (nSPS) is 21.8. The van der Waals surface area contributed by atoms with Crippen LogP contribution in [0.25, 0.3) is 0 Å². The Morgan fingerprint density at radius 1 is 0.860 bits per heavy atom. The number of ether oxygens (including phenoxy) is 3. The summed E-state index contributed by atoms with van der Waals surface area (Å²) in [4.78, 5) is 29.1. The van der Waals surface area contributed by atoms with Gasteiger partial charge in [0.25, 0.3) is 0 Å². The largest absolute Gasteiger partial charge is 0.497 e. The number of para-hydroxylation sites is 1. The van der Waals surface area contributed by atoms with Gasteiger partial charge in [0.15, 0.2) is 0 Å². The van der Waals surface area contributed by atoms with Gasteiger partial charge in [-0.05, 0) is 46.9 Å². The van der Waals surface area contributed by atoms with E-state index in [1.165, 1.54) is 13.2 Å². The standard InChI is InChI=1S/C36H34N2O5/c1-41-28-19-17-27(18-20-28)34-36(29-15-9-10-16-30(29)37-32(36)21-33(39)42-2)22-31(38(34)23-25-11-5-3-6-12-25)35(40)43-24-26-13-7-4-8-14-26/h3-21,31,34,37H,22-24H2,1-2H3/b32-21-/t31-,34+,36+/m0/s1. The molecule has 0 saturated carbocycles. The Kier molecular flexibility index (Phi) is 7.99. The molecule has 1 N–H and O–H groups in total. The number of likely N-dealkylation sites (tertiary alicyclic amines) is 1. The molecule has 6 rings (SSSR count). The number of hydrogen-bond acceptors (Lipinski definition) is 7. The SMILES string of the molecule is COC(=O)/C=C1\Nc2ccccc2[C@]12C[C@@H](C(=O)OCc1ccccc1)N(Cc1ccccc1)[C@@H]2c1ccc(OC)cc1. The summed E-state index contributed by atoms with van der Waals surface area (Å²) < 4.78 is 16.6. The van der Waals surface area contributed by atoms with E-state index in [-0.39, 0.29) is 18.6 Å². The van der Waals surface area contributed by atoms with Crippen LogP contribution in [0.1, 0.15) is 34.7 Å². The van der Waals surface area contributed by atoms with Gasteiger partial charge in [0.05, 0.1) is 25.7 Å². The number of hydrogen-bond donors (Lipinski definition) is 1. The van der Waals surface area contributed by atoms with Crippen molar-refractivity contribution < 1.29 is 23.8 Å². The molecular formula is C36H34N2O5. The number of esters is 2. The molecule has 2 aliphatic rings. The Labute approximate surface area is 251 Å². The van der Waals surface area contributed by atoms with Crippen molar-refractivity contribution in [1.29, 1.82) is 0 Å². The fourth-order valence-corrected chi connectivity index (χ4v) is 6.54. The Hall–Kier alpha value is -4.88. The third-order valence-corrected chi connectivity index (χ3v) is 8.47. The van der Waals surface area contributed by atoms with E-state index in [1.54, 1.807) is 7.11 Å². The highest BCUT2D eigenvalue weighted by Gasteiger charge is 2.61. The molecule has 7 nitrogen and oxygen atoms in total. The first-order valence-corrected chi connectivity index (χ1v) is 14.3. The van der Waals surface area contributed by atoms with E-state index in [0.717, 1.165) is 33.7 Å². The number of carbonyl (C=O) groups excluding carboxylic acids is 2. The molecule has 7 heteroatoms. The predicted octanol–water partition coefficient (Wildman–Crippen LogP) is 6.17. The summed E-state index contributed by atoms with van der Waals surface area (Å²) >= 11 is 0. The zero-order valence-corrected chi connectivity index (χ0v) is 24.2. The van der Waals surface area contributed by atoms with Crippen molar-refractivity contribution in [3.63, 3.8) is 0 Å². The van der Waals surface area contributed by atoms with Crippen molar-refractivity contribution in [3.05, 3.63) is 143 Å². The van der Waals surface area contributed by atoms with E-state index < -0.39 is 17.4 Å². The lowest BCUT2D eigenvalue weighted by atomic mass is 9.70. The highest BCUT2D eigenvalue weighted by atomic mass is 16.5. The van der Waals surface area contributed by atoms with Crippen LogP contribution < -0.4 is 10.1 Å². The van der Waals surface area contributed by atoms with Crippen LogP contribution in [0.3, 0.4) is 0 Å². The Bertz CT molecular complexity index is 1620. The highest BCUT2D eigenvalue weighted by molar-refractivity contribution is 5.87. The van der Waals surface area contributed by atoms with Crippen LogP contribution in [0.2, 0.25) is 0 Å². The van der Waals surface area contributed by atoms with Crippen LogP contribution in [0.5, 0.6) is 5.75 Å². The lowest BCUT2D eigenvalue weighted by Crippen LogP contribution is -2.39. The maximum absolute atomic E-state index is 14.1. The monoisotopic (exact) mass is 574 g/mol. The number of carbonyl (C=O) groups is 2. The first-order valence-electron chi connectivity index (χ1n) is 14.3. The van der Waals surface area contributed by atoms with Gasteiger partial charge in [-0.25, -0.2) is 4.79 Å². The fourth-order valence-electron chi connectivity index (χ4n) is 6.54. The summed E-state index contributed by atoms with van der Waals surface area (Å²) in [6.45, 7) is 0.674. The van der Waals surface area contributed by atoms with Gasteiger partial charge >= 0.3 is 11.9 Å². The summed E-state index contributed by atoms with van der Waals surface area (Å²) in [5.41, 5.74) is 4.81. The van der Waals surface area contributed by atoms with Crippen LogP contribution in [0, 0.1) is 0 Å². The van der Waals surface area contributed by atoms with Gasteiger partial charge in [0, 0.05) is 24.0 Å². The van der Waals surface area contributed by atoms with Gasteiger partial charge in [-0.15, -0.1) is 0 Å². The summed E-state index contributed by atoms with van der Waals surface area (Å²) in [6, 6.07) is 34.8.